The predicted octanol–water partition coefficient (Wildman–Crippen LogP) is 5.77. The molecule has 4 aromatic rings. The molecule has 3 aromatic heterocycles. The Balaban J connectivity index is 1.19. The van der Waals surface area contributed by atoms with Gasteiger partial charge in [-0.2, -0.15) is 0 Å². The fourth-order valence-corrected chi connectivity index (χ4v) is 6.75. The SMILES string of the molecule is COc1nc(-c2ccnc(-c3cccc(NC(=O)c4nc5c(n4C)CCN(C(=O)OC(C)(C)C)C5)c3Cl)c2Cl)ccc1CNC[C@@H]1CCC(=O)N1. The van der Waals surface area contributed by atoms with Gasteiger partial charge >= 0.3 is 6.09 Å². The molecule has 1 aromatic carbocycles. The summed E-state index contributed by atoms with van der Waals surface area (Å²) in [5.41, 5.74) is 4.24. The number of halogens is 2. The lowest BCUT2D eigenvalue weighted by atomic mass is 10.1. The van der Waals surface area contributed by atoms with Crippen molar-refractivity contribution < 1.29 is 23.9 Å². The maximum absolute atomic E-state index is 13.6. The zero-order chi connectivity index (χ0) is 36.4. The van der Waals surface area contributed by atoms with Crippen molar-refractivity contribution in [3.63, 3.8) is 0 Å². The molecule has 15 heteroatoms. The monoisotopic (exact) mass is 734 g/mol. The van der Waals surface area contributed by atoms with E-state index in [0.717, 1.165) is 17.7 Å². The first-order chi connectivity index (χ1) is 24.3. The van der Waals surface area contributed by atoms with Gasteiger partial charge in [-0.1, -0.05) is 41.4 Å². The van der Waals surface area contributed by atoms with Crippen LogP contribution in [0.3, 0.4) is 0 Å². The number of carbonyl (C=O) groups is 3. The number of amides is 3. The van der Waals surface area contributed by atoms with Gasteiger partial charge in [0.15, 0.2) is 5.82 Å². The number of hydrogen-bond donors (Lipinski definition) is 3. The quantitative estimate of drug-likeness (QED) is 0.195. The number of anilines is 1. The fraction of sp³-hybridized carbons (Fsp3) is 0.389. The lowest BCUT2D eigenvalue weighted by Crippen LogP contribution is -2.40. The molecule has 0 spiro atoms. The predicted molar refractivity (Wildman–Crippen MR) is 194 cm³/mol. The zero-order valence-corrected chi connectivity index (χ0v) is 30.6. The van der Waals surface area contributed by atoms with Crippen LogP contribution in [-0.4, -0.2) is 74.2 Å². The van der Waals surface area contributed by atoms with Gasteiger partial charge in [0.1, 0.15) is 5.60 Å². The standard InChI is InChI=1S/C36H40Cl2N8O5/c1-36(2,3)51-35(49)46-16-14-27-26(19-46)42-32(45(27)4)33(48)43-25-8-6-7-23(29(25)37)31-30(38)22(13-15-40-31)24-11-9-20(34(44-24)50-5)17-39-18-21-10-12-28(47)41-21/h6-9,11,13,15,21,39H,10,12,14,16-19H2,1-5H3,(H,41,47)(H,43,48)/t21-/m0/s1. The van der Waals surface area contributed by atoms with Crippen LogP contribution < -0.4 is 20.7 Å². The molecular formula is C36H40Cl2N8O5. The number of nitrogens with one attached hydrogen (secondary N) is 3. The molecule has 51 heavy (non-hydrogen) atoms. The van der Waals surface area contributed by atoms with Gasteiger partial charge in [-0.3, -0.25) is 14.6 Å². The lowest BCUT2D eigenvalue weighted by Gasteiger charge is -2.29. The number of imidazole rings is 1. The van der Waals surface area contributed by atoms with Crippen molar-refractivity contribution in [3.05, 3.63) is 75.4 Å². The van der Waals surface area contributed by atoms with Crippen molar-refractivity contribution in [2.24, 2.45) is 7.05 Å². The Morgan fingerprint density at radius 2 is 1.86 bits per heavy atom. The highest BCUT2D eigenvalue weighted by Crippen LogP contribution is 2.40. The van der Waals surface area contributed by atoms with E-state index in [1.165, 1.54) is 0 Å². The Hall–Kier alpha value is -4.72. The molecule has 2 aliphatic heterocycles. The molecule has 0 saturated carbocycles. The molecular weight excluding hydrogens is 695 g/mol. The lowest BCUT2D eigenvalue weighted by molar-refractivity contribution is -0.119. The Morgan fingerprint density at radius 1 is 1.06 bits per heavy atom. The van der Waals surface area contributed by atoms with Crippen LogP contribution in [0.2, 0.25) is 10.0 Å². The minimum Gasteiger partial charge on any atom is -0.481 e. The number of aromatic nitrogens is 4. The van der Waals surface area contributed by atoms with E-state index in [4.69, 9.17) is 37.7 Å². The normalized spacial score (nSPS) is 15.7. The van der Waals surface area contributed by atoms with Gasteiger partial charge in [-0.15, -0.1) is 0 Å². The number of rotatable bonds is 9. The summed E-state index contributed by atoms with van der Waals surface area (Å²) in [7, 11) is 3.34. The van der Waals surface area contributed by atoms with Gasteiger partial charge in [0, 0.05) is 74.1 Å². The molecule has 6 rings (SSSR count). The first-order valence-corrected chi connectivity index (χ1v) is 17.4. The van der Waals surface area contributed by atoms with Crippen LogP contribution in [0.15, 0.2) is 42.6 Å². The van der Waals surface area contributed by atoms with E-state index < -0.39 is 17.6 Å². The van der Waals surface area contributed by atoms with E-state index in [1.807, 2.05) is 32.9 Å². The third-order valence-corrected chi connectivity index (χ3v) is 9.49. The second-order valence-electron chi connectivity index (χ2n) is 13.5. The summed E-state index contributed by atoms with van der Waals surface area (Å²) in [5, 5.41) is 9.78. The van der Waals surface area contributed by atoms with Gasteiger partial charge in [0.05, 0.1) is 46.5 Å². The first-order valence-electron chi connectivity index (χ1n) is 16.6. The summed E-state index contributed by atoms with van der Waals surface area (Å²) in [6.07, 6.45) is 3.10. The average molecular weight is 736 g/mol. The third-order valence-electron chi connectivity index (χ3n) is 8.70. The van der Waals surface area contributed by atoms with E-state index in [9.17, 15) is 14.4 Å². The molecule has 3 amide bonds. The first kappa shape index (κ1) is 36.1. The summed E-state index contributed by atoms with van der Waals surface area (Å²) in [4.78, 5) is 53.2. The van der Waals surface area contributed by atoms with Crippen LogP contribution in [0, 0.1) is 0 Å². The summed E-state index contributed by atoms with van der Waals surface area (Å²) < 4.78 is 12.9. The molecule has 3 N–H and O–H groups in total. The minimum atomic E-state index is -0.618. The second kappa shape index (κ2) is 14.9. The Kier molecular flexibility index (Phi) is 10.5. The largest absolute Gasteiger partial charge is 0.481 e. The Labute approximate surface area is 306 Å². The van der Waals surface area contributed by atoms with Crippen molar-refractivity contribution in [2.45, 2.75) is 64.8 Å². The molecule has 1 fully saturated rings. The number of carbonyl (C=O) groups excluding carboxylic acids is 3. The molecule has 0 aliphatic carbocycles. The van der Waals surface area contributed by atoms with Crippen LogP contribution >= 0.6 is 23.2 Å². The number of fused-ring (bicyclic) bond motifs is 1. The number of hydrogen-bond acceptors (Lipinski definition) is 9. The van der Waals surface area contributed by atoms with Gasteiger partial charge in [-0.05, 0) is 45.4 Å². The van der Waals surface area contributed by atoms with Gasteiger partial charge < -0.3 is 34.9 Å². The smallest absolute Gasteiger partial charge is 0.410 e. The molecule has 0 unspecified atom stereocenters. The second-order valence-corrected chi connectivity index (χ2v) is 14.2. The van der Waals surface area contributed by atoms with Crippen molar-refractivity contribution >= 4 is 46.8 Å². The number of nitrogens with zero attached hydrogens (tertiary/aromatic N) is 5. The van der Waals surface area contributed by atoms with Crippen LogP contribution in [0.1, 0.15) is 61.2 Å². The van der Waals surface area contributed by atoms with E-state index in [1.54, 1.807) is 54.1 Å². The summed E-state index contributed by atoms with van der Waals surface area (Å²) >= 11 is 13.9. The topological polar surface area (TPSA) is 153 Å². The van der Waals surface area contributed by atoms with Crippen LogP contribution in [0.25, 0.3) is 22.5 Å². The number of benzene rings is 1. The average Bonchev–Trinajstić information content (AvgIpc) is 3.66. The zero-order valence-electron chi connectivity index (χ0n) is 29.1. The molecule has 13 nitrogen and oxygen atoms in total. The van der Waals surface area contributed by atoms with Gasteiger partial charge in [0.2, 0.25) is 11.8 Å². The molecule has 0 bridgehead atoms. The highest BCUT2D eigenvalue weighted by atomic mass is 35.5. The highest BCUT2D eigenvalue weighted by Gasteiger charge is 2.30. The van der Waals surface area contributed by atoms with Gasteiger partial charge in [-0.25, -0.2) is 14.8 Å². The third kappa shape index (κ3) is 7.95. The number of ether oxygens (including phenoxy) is 2. The van der Waals surface area contributed by atoms with Crippen molar-refractivity contribution in [1.82, 2.24) is 35.1 Å². The van der Waals surface area contributed by atoms with Crippen molar-refractivity contribution in [2.75, 3.05) is 25.5 Å². The number of methoxy groups -OCH3 is 1. The summed E-state index contributed by atoms with van der Waals surface area (Å²) in [6.45, 7) is 7.31. The van der Waals surface area contributed by atoms with E-state index in [-0.39, 0.29) is 29.3 Å². The molecule has 0 radical (unpaired) electrons. The molecule has 1 atom stereocenters. The Bertz CT molecular complexity index is 1990. The van der Waals surface area contributed by atoms with E-state index in [0.29, 0.717) is 77.3 Å². The molecule has 5 heterocycles. The summed E-state index contributed by atoms with van der Waals surface area (Å²) in [5.74, 6) is 0.257. The van der Waals surface area contributed by atoms with E-state index >= 15 is 0 Å². The van der Waals surface area contributed by atoms with Crippen LogP contribution in [-0.2, 0) is 36.1 Å². The van der Waals surface area contributed by atoms with Crippen LogP contribution in [0.4, 0.5) is 10.5 Å². The molecule has 2 aliphatic rings. The molecule has 268 valence electrons. The van der Waals surface area contributed by atoms with Crippen molar-refractivity contribution in [1.29, 1.82) is 0 Å². The van der Waals surface area contributed by atoms with Crippen LogP contribution in [0.5, 0.6) is 5.88 Å². The van der Waals surface area contributed by atoms with E-state index in [2.05, 4.69) is 25.9 Å². The number of pyridine rings is 2. The highest BCUT2D eigenvalue weighted by molar-refractivity contribution is 6.39. The maximum Gasteiger partial charge on any atom is 0.410 e. The van der Waals surface area contributed by atoms with Gasteiger partial charge in [0.25, 0.3) is 5.91 Å². The fourth-order valence-electron chi connectivity index (χ4n) is 6.17. The maximum atomic E-state index is 13.6. The molecule has 1 saturated heterocycles. The van der Waals surface area contributed by atoms with Crippen molar-refractivity contribution in [3.8, 4) is 28.4 Å². The Morgan fingerprint density at radius 3 is 2.59 bits per heavy atom. The minimum absolute atomic E-state index is 0.0787. The summed E-state index contributed by atoms with van der Waals surface area (Å²) in [6, 6.07) is 10.9.